The van der Waals surface area contributed by atoms with Gasteiger partial charge in [0, 0.05) is 21.1 Å². The summed E-state index contributed by atoms with van der Waals surface area (Å²) < 4.78 is 14.5. The molecule has 1 aliphatic rings. The molecule has 1 aliphatic carbocycles. The highest BCUT2D eigenvalue weighted by Crippen LogP contribution is 2.35. The zero-order chi connectivity index (χ0) is 11.3. The van der Waals surface area contributed by atoms with Gasteiger partial charge in [-0.15, -0.1) is 12.4 Å². The standard InChI is InChI=1S/C12H12BrFN2.ClH/c13-6-1-4-10-8(5-6)7-2-3-9(14)11(15)12(7)16-10;/h1,4-5,9,11,16H,2-3,15H2;1H. The fourth-order valence-corrected chi connectivity index (χ4v) is 2.80. The van der Waals surface area contributed by atoms with Crippen molar-refractivity contribution in [2.75, 3.05) is 0 Å². The zero-order valence-corrected chi connectivity index (χ0v) is 11.4. The van der Waals surface area contributed by atoms with E-state index in [1.54, 1.807) is 0 Å². The maximum absolute atomic E-state index is 13.5. The number of aromatic nitrogens is 1. The molecule has 1 heterocycles. The van der Waals surface area contributed by atoms with E-state index in [-0.39, 0.29) is 12.4 Å². The molecule has 92 valence electrons. The minimum Gasteiger partial charge on any atom is -0.357 e. The lowest BCUT2D eigenvalue weighted by atomic mass is 9.91. The Morgan fingerprint density at radius 1 is 1.41 bits per heavy atom. The van der Waals surface area contributed by atoms with E-state index in [1.165, 1.54) is 5.56 Å². The van der Waals surface area contributed by atoms with Gasteiger partial charge in [0.25, 0.3) is 0 Å². The molecule has 3 rings (SSSR count). The summed E-state index contributed by atoms with van der Waals surface area (Å²) in [5.74, 6) is 0. The van der Waals surface area contributed by atoms with E-state index in [2.05, 4.69) is 27.0 Å². The highest BCUT2D eigenvalue weighted by Gasteiger charge is 2.29. The van der Waals surface area contributed by atoms with Crippen molar-refractivity contribution in [1.82, 2.24) is 4.98 Å². The molecule has 1 aromatic heterocycles. The molecule has 2 unspecified atom stereocenters. The summed E-state index contributed by atoms with van der Waals surface area (Å²) in [6, 6.07) is 5.53. The fourth-order valence-electron chi connectivity index (χ4n) is 2.44. The number of aromatic amines is 1. The third-order valence-electron chi connectivity index (χ3n) is 3.29. The number of rotatable bonds is 0. The number of hydrogen-bond acceptors (Lipinski definition) is 1. The number of alkyl halides is 1. The van der Waals surface area contributed by atoms with Gasteiger partial charge in [-0.1, -0.05) is 15.9 Å². The third-order valence-corrected chi connectivity index (χ3v) is 3.79. The number of fused-ring (bicyclic) bond motifs is 3. The van der Waals surface area contributed by atoms with Crippen LogP contribution in [-0.2, 0) is 6.42 Å². The lowest BCUT2D eigenvalue weighted by Crippen LogP contribution is -2.28. The van der Waals surface area contributed by atoms with Gasteiger partial charge in [0.05, 0.1) is 6.04 Å². The summed E-state index contributed by atoms with van der Waals surface area (Å²) >= 11 is 3.45. The third kappa shape index (κ3) is 1.98. The van der Waals surface area contributed by atoms with Gasteiger partial charge in [0.2, 0.25) is 0 Å². The highest BCUT2D eigenvalue weighted by atomic mass is 79.9. The van der Waals surface area contributed by atoms with Crippen LogP contribution in [0.3, 0.4) is 0 Å². The minimum atomic E-state index is -0.927. The molecule has 0 radical (unpaired) electrons. The molecule has 0 saturated heterocycles. The van der Waals surface area contributed by atoms with E-state index in [1.807, 2.05) is 12.1 Å². The monoisotopic (exact) mass is 318 g/mol. The Kier molecular flexibility index (Phi) is 3.48. The van der Waals surface area contributed by atoms with Crippen LogP contribution in [0.2, 0.25) is 0 Å². The Hall–Kier alpha value is -0.580. The van der Waals surface area contributed by atoms with Crippen LogP contribution in [-0.4, -0.2) is 11.2 Å². The number of aryl methyl sites for hydroxylation is 1. The molecule has 1 aromatic carbocycles. The van der Waals surface area contributed by atoms with Crippen molar-refractivity contribution in [2.24, 2.45) is 5.73 Å². The van der Waals surface area contributed by atoms with E-state index in [9.17, 15) is 4.39 Å². The molecule has 2 atom stereocenters. The van der Waals surface area contributed by atoms with Crippen LogP contribution < -0.4 is 5.73 Å². The van der Waals surface area contributed by atoms with Gasteiger partial charge in [0.1, 0.15) is 6.17 Å². The zero-order valence-electron chi connectivity index (χ0n) is 9.04. The number of hydrogen-bond donors (Lipinski definition) is 2. The number of H-pyrrole nitrogens is 1. The summed E-state index contributed by atoms with van der Waals surface area (Å²) in [7, 11) is 0. The van der Waals surface area contributed by atoms with Crippen molar-refractivity contribution < 1.29 is 4.39 Å². The molecule has 2 nitrogen and oxygen atoms in total. The van der Waals surface area contributed by atoms with Gasteiger partial charge in [-0.05, 0) is 36.6 Å². The first-order valence-corrected chi connectivity index (χ1v) is 6.16. The topological polar surface area (TPSA) is 41.8 Å². The first-order valence-electron chi connectivity index (χ1n) is 5.36. The molecule has 0 fully saturated rings. The second kappa shape index (κ2) is 4.59. The Bertz CT molecular complexity index is 555. The van der Waals surface area contributed by atoms with Crippen molar-refractivity contribution in [3.63, 3.8) is 0 Å². The lowest BCUT2D eigenvalue weighted by Gasteiger charge is -2.22. The van der Waals surface area contributed by atoms with Gasteiger partial charge in [-0.3, -0.25) is 0 Å². The smallest absolute Gasteiger partial charge is 0.121 e. The normalized spacial score (nSPS) is 23.2. The number of nitrogens with two attached hydrogens (primary N) is 1. The van der Waals surface area contributed by atoms with Crippen LogP contribution >= 0.6 is 28.3 Å². The Labute approximate surface area is 113 Å². The van der Waals surface area contributed by atoms with Crippen LogP contribution in [0.5, 0.6) is 0 Å². The van der Waals surface area contributed by atoms with Gasteiger partial charge in [0.15, 0.2) is 0 Å². The van der Waals surface area contributed by atoms with Crippen LogP contribution in [0.1, 0.15) is 23.7 Å². The summed E-state index contributed by atoms with van der Waals surface area (Å²) in [4.78, 5) is 3.24. The van der Waals surface area contributed by atoms with Crippen LogP contribution in [0.25, 0.3) is 10.9 Å². The average Bonchev–Trinajstić information content (AvgIpc) is 2.62. The van der Waals surface area contributed by atoms with Crippen LogP contribution in [0.15, 0.2) is 22.7 Å². The molecule has 0 saturated carbocycles. The molecule has 3 N–H and O–H groups in total. The van der Waals surface area contributed by atoms with Crippen molar-refractivity contribution in [3.05, 3.63) is 33.9 Å². The maximum Gasteiger partial charge on any atom is 0.121 e. The largest absolute Gasteiger partial charge is 0.357 e. The van der Waals surface area contributed by atoms with Crippen molar-refractivity contribution >= 4 is 39.2 Å². The molecule has 5 heteroatoms. The molecular weight excluding hydrogens is 307 g/mol. The summed E-state index contributed by atoms with van der Waals surface area (Å²) in [5, 5.41) is 1.16. The van der Waals surface area contributed by atoms with E-state index >= 15 is 0 Å². The van der Waals surface area contributed by atoms with Crippen LogP contribution in [0, 0.1) is 0 Å². The highest BCUT2D eigenvalue weighted by molar-refractivity contribution is 9.10. The summed E-state index contributed by atoms with van der Waals surface area (Å²) in [5.41, 5.74) is 8.96. The van der Waals surface area contributed by atoms with Crippen molar-refractivity contribution in [3.8, 4) is 0 Å². The van der Waals surface area contributed by atoms with Gasteiger partial charge in [-0.25, -0.2) is 4.39 Å². The molecule has 0 bridgehead atoms. The molecular formula is C12H13BrClFN2. The first-order chi connectivity index (χ1) is 7.66. The first kappa shape index (κ1) is 12.9. The number of nitrogens with one attached hydrogen (secondary N) is 1. The number of benzene rings is 1. The van der Waals surface area contributed by atoms with E-state index < -0.39 is 12.2 Å². The quantitative estimate of drug-likeness (QED) is 0.765. The number of halogens is 3. The molecule has 17 heavy (non-hydrogen) atoms. The molecule has 2 aromatic rings. The predicted molar refractivity (Wildman–Crippen MR) is 73.4 cm³/mol. The Morgan fingerprint density at radius 2 is 2.18 bits per heavy atom. The van der Waals surface area contributed by atoms with E-state index in [0.717, 1.165) is 27.5 Å². The lowest BCUT2D eigenvalue weighted by molar-refractivity contribution is 0.253. The summed E-state index contributed by atoms with van der Waals surface area (Å²) in [6.45, 7) is 0. The van der Waals surface area contributed by atoms with Gasteiger partial charge < -0.3 is 10.7 Å². The van der Waals surface area contributed by atoms with Crippen molar-refractivity contribution in [1.29, 1.82) is 0 Å². The van der Waals surface area contributed by atoms with E-state index in [0.29, 0.717) is 6.42 Å². The predicted octanol–water partition coefficient (Wildman–Crippen LogP) is 3.64. The minimum absolute atomic E-state index is 0. The van der Waals surface area contributed by atoms with E-state index in [4.69, 9.17) is 5.73 Å². The van der Waals surface area contributed by atoms with Gasteiger partial charge in [-0.2, -0.15) is 0 Å². The van der Waals surface area contributed by atoms with Crippen molar-refractivity contribution in [2.45, 2.75) is 25.1 Å². The Morgan fingerprint density at radius 3 is 2.94 bits per heavy atom. The summed E-state index contributed by atoms with van der Waals surface area (Å²) in [6.07, 6.45) is 0.359. The van der Waals surface area contributed by atoms with Crippen LogP contribution in [0.4, 0.5) is 4.39 Å². The second-order valence-electron chi connectivity index (χ2n) is 4.29. The second-order valence-corrected chi connectivity index (χ2v) is 5.20. The molecule has 0 amide bonds. The maximum atomic E-state index is 13.5. The SMILES string of the molecule is Cl.NC1c2[nH]c3ccc(Br)cc3c2CCC1F. The average molecular weight is 320 g/mol. The Balaban J connectivity index is 0.00000108. The fraction of sp³-hybridized carbons (Fsp3) is 0.333. The molecule has 0 aliphatic heterocycles. The van der Waals surface area contributed by atoms with Gasteiger partial charge >= 0.3 is 0 Å². The molecule has 0 spiro atoms.